The average Bonchev–Trinajstić information content (AvgIpc) is 2.79. The highest BCUT2D eigenvalue weighted by Crippen LogP contribution is 2.29. The van der Waals surface area contributed by atoms with Gasteiger partial charge in [-0.2, -0.15) is 0 Å². The number of nitrogens with one attached hydrogen (secondary N) is 2. The van der Waals surface area contributed by atoms with Crippen molar-refractivity contribution in [2.24, 2.45) is 4.99 Å². The van der Waals surface area contributed by atoms with E-state index >= 15 is 0 Å². The fourth-order valence-electron chi connectivity index (χ4n) is 2.88. The van der Waals surface area contributed by atoms with Crippen LogP contribution in [-0.2, 0) is 6.54 Å². The summed E-state index contributed by atoms with van der Waals surface area (Å²) in [5, 5.41) is 6.02. The van der Waals surface area contributed by atoms with E-state index in [2.05, 4.69) is 20.6 Å². The third kappa shape index (κ3) is 5.82. The van der Waals surface area contributed by atoms with Crippen LogP contribution < -0.4 is 20.1 Å². The van der Waals surface area contributed by atoms with Gasteiger partial charge in [0, 0.05) is 23.5 Å². The van der Waals surface area contributed by atoms with Gasteiger partial charge in [0.2, 0.25) is 5.96 Å². The van der Waals surface area contributed by atoms with Crippen molar-refractivity contribution >= 4 is 17.6 Å². The Labute approximate surface area is 182 Å². The molecule has 1 aromatic heterocycles. The van der Waals surface area contributed by atoms with E-state index in [9.17, 15) is 4.79 Å². The summed E-state index contributed by atoms with van der Waals surface area (Å²) in [6, 6.07) is 16.6. The average molecular weight is 418 g/mol. The minimum atomic E-state index is -0.254. The number of anilines is 1. The highest BCUT2D eigenvalue weighted by atomic mass is 16.5. The Bertz CT molecular complexity index is 1080. The number of guanidine groups is 1. The number of carbonyl (C=O) groups excluding carboxylic acids is 1. The Morgan fingerprint density at radius 2 is 1.77 bits per heavy atom. The van der Waals surface area contributed by atoms with Crippen LogP contribution in [-0.4, -0.2) is 31.1 Å². The molecule has 0 radical (unpaired) electrons. The first-order chi connectivity index (χ1) is 15.0. The number of nitrogens with zero attached hydrogens (tertiary/aromatic N) is 2. The molecule has 31 heavy (non-hydrogen) atoms. The van der Waals surface area contributed by atoms with Crippen LogP contribution in [0, 0.1) is 13.8 Å². The van der Waals surface area contributed by atoms with Gasteiger partial charge in [-0.05, 0) is 61.4 Å². The predicted molar refractivity (Wildman–Crippen MR) is 122 cm³/mol. The van der Waals surface area contributed by atoms with Crippen molar-refractivity contribution in [3.8, 4) is 11.5 Å². The molecule has 7 nitrogen and oxygen atoms in total. The summed E-state index contributed by atoms with van der Waals surface area (Å²) < 4.78 is 10.6. The summed E-state index contributed by atoms with van der Waals surface area (Å²) in [5.41, 5.74) is 4.21. The Kier molecular flexibility index (Phi) is 7.22. The Balaban J connectivity index is 1.85. The number of hydrogen-bond donors (Lipinski definition) is 2. The molecule has 0 fully saturated rings. The van der Waals surface area contributed by atoms with Crippen molar-refractivity contribution in [2.45, 2.75) is 20.4 Å². The van der Waals surface area contributed by atoms with Crippen LogP contribution in [0.5, 0.6) is 11.5 Å². The second kappa shape index (κ2) is 10.2. The van der Waals surface area contributed by atoms with Gasteiger partial charge in [-0.1, -0.05) is 12.1 Å². The predicted octanol–water partition coefficient (Wildman–Crippen LogP) is 4.11. The first-order valence-electron chi connectivity index (χ1n) is 9.82. The first-order valence-corrected chi connectivity index (χ1v) is 9.82. The van der Waals surface area contributed by atoms with Crippen LogP contribution in [0.1, 0.15) is 27.2 Å². The van der Waals surface area contributed by atoms with E-state index in [0.29, 0.717) is 35.3 Å². The maximum absolute atomic E-state index is 12.9. The van der Waals surface area contributed by atoms with Crippen molar-refractivity contribution in [3.63, 3.8) is 0 Å². The van der Waals surface area contributed by atoms with Crippen molar-refractivity contribution in [1.29, 1.82) is 0 Å². The number of methoxy groups -OCH3 is 2. The second-order valence-corrected chi connectivity index (χ2v) is 6.93. The molecule has 1 heterocycles. The summed E-state index contributed by atoms with van der Waals surface area (Å²) in [6.45, 7) is 4.29. The summed E-state index contributed by atoms with van der Waals surface area (Å²) in [4.78, 5) is 21.7. The van der Waals surface area contributed by atoms with E-state index < -0.39 is 0 Å². The fraction of sp³-hybridized carbons (Fsp3) is 0.208. The molecule has 160 valence electrons. The summed E-state index contributed by atoms with van der Waals surface area (Å²) in [7, 11) is 3.15. The Morgan fingerprint density at radius 1 is 0.968 bits per heavy atom. The second-order valence-electron chi connectivity index (χ2n) is 6.93. The molecule has 0 unspecified atom stereocenters. The molecular formula is C24H26N4O3. The minimum absolute atomic E-state index is 0.254. The zero-order chi connectivity index (χ0) is 22.2. The van der Waals surface area contributed by atoms with E-state index in [4.69, 9.17) is 9.47 Å². The van der Waals surface area contributed by atoms with E-state index in [0.717, 1.165) is 16.8 Å². The standard InChI is InChI=1S/C24H26N4O3/c1-16-8-9-18(13-17(16)2)23(29)28-24(26-15-20-7-5-6-12-25-20)27-19-10-11-21(30-3)22(14-19)31-4/h5-14H,15H2,1-4H3,(H2,26,27,28,29). The third-order valence-corrected chi connectivity index (χ3v) is 4.77. The van der Waals surface area contributed by atoms with Gasteiger partial charge in [-0.15, -0.1) is 0 Å². The van der Waals surface area contributed by atoms with Crippen LogP contribution in [0.25, 0.3) is 0 Å². The molecule has 0 spiro atoms. The van der Waals surface area contributed by atoms with Crippen molar-refractivity contribution in [3.05, 3.63) is 83.2 Å². The lowest BCUT2D eigenvalue weighted by Crippen LogP contribution is -2.36. The molecule has 0 aliphatic heterocycles. The van der Waals surface area contributed by atoms with E-state index in [-0.39, 0.29) is 5.91 Å². The van der Waals surface area contributed by atoms with Crippen molar-refractivity contribution < 1.29 is 14.3 Å². The quantitative estimate of drug-likeness (QED) is 0.465. The number of ether oxygens (including phenoxy) is 2. The third-order valence-electron chi connectivity index (χ3n) is 4.77. The molecule has 2 aromatic carbocycles. The van der Waals surface area contributed by atoms with Crippen LogP contribution in [0.15, 0.2) is 65.8 Å². The molecule has 0 atom stereocenters. The Hall–Kier alpha value is -3.87. The molecule has 7 heteroatoms. The number of carbonyl (C=O) groups is 1. The topological polar surface area (TPSA) is 84.8 Å². The highest BCUT2D eigenvalue weighted by molar-refractivity contribution is 6.10. The minimum Gasteiger partial charge on any atom is -0.493 e. The molecule has 3 aromatic rings. The number of pyridine rings is 1. The monoisotopic (exact) mass is 418 g/mol. The van der Waals surface area contributed by atoms with Crippen molar-refractivity contribution in [2.75, 3.05) is 19.5 Å². The number of aromatic nitrogens is 1. The maximum atomic E-state index is 12.9. The Morgan fingerprint density at radius 3 is 2.45 bits per heavy atom. The molecule has 0 bridgehead atoms. The lowest BCUT2D eigenvalue weighted by atomic mass is 10.1. The molecule has 0 aliphatic carbocycles. The molecule has 0 saturated carbocycles. The van der Waals surface area contributed by atoms with Gasteiger partial charge in [0.15, 0.2) is 11.5 Å². The first kappa shape index (κ1) is 21.8. The summed E-state index contributed by atoms with van der Waals surface area (Å²) in [6.07, 6.45) is 1.71. The maximum Gasteiger partial charge on any atom is 0.257 e. The van der Waals surface area contributed by atoms with Gasteiger partial charge in [-0.3, -0.25) is 15.1 Å². The van der Waals surface area contributed by atoms with Crippen molar-refractivity contribution in [1.82, 2.24) is 10.3 Å². The molecule has 1 amide bonds. The zero-order valence-corrected chi connectivity index (χ0v) is 18.1. The number of benzene rings is 2. The van der Waals surface area contributed by atoms with E-state index in [1.807, 2.05) is 50.2 Å². The van der Waals surface area contributed by atoms with Gasteiger partial charge in [0.1, 0.15) is 0 Å². The van der Waals surface area contributed by atoms with Gasteiger partial charge in [0.25, 0.3) is 5.91 Å². The molecular weight excluding hydrogens is 392 g/mol. The van der Waals surface area contributed by atoms with Gasteiger partial charge in [0.05, 0.1) is 26.5 Å². The normalized spacial score (nSPS) is 11.0. The van der Waals surface area contributed by atoms with Crippen LogP contribution in [0.3, 0.4) is 0 Å². The van der Waals surface area contributed by atoms with Crippen LogP contribution in [0.2, 0.25) is 0 Å². The fourth-order valence-corrected chi connectivity index (χ4v) is 2.88. The smallest absolute Gasteiger partial charge is 0.257 e. The number of hydrogen-bond acceptors (Lipinski definition) is 5. The lowest BCUT2D eigenvalue weighted by molar-refractivity contribution is 0.0977. The van der Waals surface area contributed by atoms with Gasteiger partial charge >= 0.3 is 0 Å². The number of rotatable bonds is 6. The summed E-state index contributed by atoms with van der Waals surface area (Å²) >= 11 is 0. The SMILES string of the molecule is COc1ccc(NC(=NCc2ccccn2)NC(=O)c2ccc(C)c(C)c2)cc1OC. The highest BCUT2D eigenvalue weighted by Gasteiger charge is 2.12. The zero-order valence-electron chi connectivity index (χ0n) is 18.1. The van der Waals surface area contributed by atoms with Crippen LogP contribution in [0.4, 0.5) is 5.69 Å². The number of aryl methyl sites for hydroxylation is 2. The molecule has 2 N–H and O–H groups in total. The molecule has 3 rings (SSSR count). The molecule has 0 aliphatic rings. The number of amides is 1. The molecule has 0 saturated heterocycles. The largest absolute Gasteiger partial charge is 0.493 e. The lowest BCUT2D eigenvalue weighted by Gasteiger charge is -2.14. The van der Waals surface area contributed by atoms with Gasteiger partial charge in [-0.25, -0.2) is 4.99 Å². The summed E-state index contributed by atoms with van der Waals surface area (Å²) in [5.74, 6) is 1.23. The van der Waals surface area contributed by atoms with E-state index in [1.54, 1.807) is 38.6 Å². The van der Waals surface area contributed by atoms with E-state index in [1.165, 1.54) is 0 Å². The van der Waals surface area contributed by atoms with Crippen LogP contribution >= 0.6 is 0 Å². The van der Waals surface area contributed by atoms with Gasteiger partial charge < -0.3 is 14.8 Å². The number of aliphatic imine (C=N–C) groups is 1.